The zero-order valence-corrected chi connectivity index (χ0v) is 18.0. The Morgan fingerprint density at radius 1 is 1.04 bits per heavy atom. The van der Waals surface area contributed by atoms with Crippen LogP contribution >= 0.6 is 34.7 Å². The minimum absolute atomic E-state index is 0.729. The Labute approximate surface area is 177 Å². The van der Waals surface area contributed by atoms with E-state index in [1.165, 1.54) is 0 Å². The minimum Gasteiger partial charge on any atom is -0.497 e. The molecule has 0 unspecified atom stereocenters. The smallest absolute Gasteiger partial charge is 0.212 e. The number of aryl methyl sites for hydroxylation is 2. The van der Waals surface area contributed by atoms with E-state index in [0.717, 1.165) is 47.7 Å². The maximum absolute atomic E-state index is 6.03. The molecule has 7 heteroatoms. The molecule has 4 rings (SSSR count). The maximum atomic E-state index is 6.03. The second kappa shape index (κ2) is 7.99. The van der Waals surface area contributed by atoms with Crippen molar-refractivity contribution in [1.29, 1.82) is 0 Å². The number of ether oxygens (including phenoxy) is 1. The predicted octanol–water partition coefficient (Wildman–Crippen LogP) is 6.43. The molecule has 0 N–H and O–H groups in total. The molecule has 142 valence electrons. The Bertz CT molecular complexity index is 1100. The zero-order chi connectivity index (χ0) is 19.7. The van der Waals surface area contributed by atoms with Crippen molar-refractivity contribution in [2.45, 2.75) is 23.0 Å². The molecular formula is C21H18ClN3OS2. The molecule has 0 aliphatic rings. The van der Waals surface area contributed by atoms with E-state index in [1.54, 1.807) is 30.2 Å². The number of nitrogens with zero attached hydrogens (tertiary/aromatic N) is 3. The van der Waals surface area contributed by atoms with Crippen LogP contribution in [0.2, 0.25) is 5.02 Å². The van der Waals surface area contributed by atoms with Crippen molar-refractivity contribution in [2.75, 3.05) is 7.11 Å². The highest BCUT2D eigenvalue weighted by Gasteiger charge is 2.17. The molecule has 0 amide bonds. The fourth-order valence-corrected chi connectivity index (χ4v) is 5.20. The van der Waals surface area contributed by atoms with Crippen molar-refractivity contribution < 1.29 is 4.74 Å². The van der Waals surface area contributed by atoms with Gasteiger partial charge in [0.2, 0.25) is 5.13 Å². The van der Waals surface area contributed by atoms with Gasteiger partial charge in [-0.1, -0.05) is 34.7 Å². The summed E-state index contributed by atoms with van der Waals surface area (Å²) in [7, 11) is 1.67. The lowest BCUT2D eigenvalue weighted by molar-refractivity contribution is 0.415. The van der Waals surface area contributed by atoms with Crippen molar-refractivity contribution in [3.8, 4) is 22.1 Å². The Morgan fingerprint density at radius 3 is 2.36 bits per heavy atom. The number of thiazole rings is 1. The third-order valence-corrected chi connectivity index (χ3v) is 6.63. The number of methoxy groups -OCH3 is 1. The molecule has 2 aromatic carbocycles. The highest BCUT2D eigenvalue weighted by atomic mass is 35.5. The Kier molecular flexibility index (Phi) is 5.44. The molecule has 0 radical (unpaired) electrons. The third-order valence-electron chi connectivity index (χ3n) is 4.16. The van der Waals surface area contributed by atoms with Gasteiger partial charge in [0.25, 0.3) is 0 Å². The second-order valence-electron chi connectivity index (χ2n) is 6.26. The van der Waals surface area contributed by atoms with E-state index in [9.17, 15) is 0 Å². The highest BCUT2D eigenvalue weighted by molar-refractivity contribution is 8.01. The van der Waals surface area contributed by atoms with E-state index in [-0.39, 0.29) is 0 Å². The molecule has 2 heterocycles. The molecule has 4 aromatic rings. The predicted molar refractivity (Wildman–Crippen MR) is 116 cm³/mol. The monoisotopic (exact) mass is 427 g/mol. The van der Waals surface area contributed by atoms with Gasteiger partial charge >= 0.3 is 0 Å². The van der Waals surface area contributed by atoms with Gasteiger partial charge in [-0.15, -0.1) is 0 Å². The normalized spacial score (nSPS) is 11.0. The fourth-order valence-electron chi connectivity index (χ4n) is 2.82. The molecule has 0 saturated heterocycles. The number of hydrogen-bond acceptors (Lipinski definition) is 5. The SMILES string of the molecule is COc1ccc(-c2nc(-n3nc(C)cc3C)sc2Sc2ccc(Cl)cc2)cc1. The van der Waals surface area contributed by atoms with Gasteiger partial charge in [-0.3, -0.25) is 0 Å². The van der Waals surface area contributed by atoms with Crippen molar-refractivity contribution in [3.05, 3.63) is 71.0 Å². The molecular weight excluding hydrogens is 410 g/mol. The van der Waals surface area contributed by atoms with Crippen molar-refractivity contribution >= 4 is 34.7 Å². The van der Waals surface area contributed by atoms with E-state index in [1.807, 2.05) is 67.1 Å². The van der Waals surface area contributed by atoms with Crippen LogP contribution in [0.3, 0.4) is 0 Å². The summed E-state index contributed by atoms with van der Waals surface area (Å²) >= 11 is 9.34. The van der Waals surface area contributed by atoms with E-state index >= 15 is 0 Å². The molecule has 0 atom stereocenters. The molecule has 0 saturated carbocycles. The van der Waals surface area contributed by atoms with Crippen molar-refractivity contribution in [1.82, 2.24) is 14.8 Å². The standard InChI is InChI=1S/C21H18ClN3OS2/c1-13-12-14(2)25(24-13)21-23-19(15-4-8-17(26-3)9-5-15)20(28-21)27-18-10-6-16(22)7-11-18/h4-12H,1-3H3. The second-order valence-corrected chi connectivity index (χ2v) is 9.01. The van der Waals surface area contributed by atoms with E-state index in [0.29, 0.717) is 0 Å². The van der Waals surface area contributed by atoms with Crippen LogP contribution in [0.4, 0.5) is 0 Å². The molecule has 0 fully saturated rings. The summed E-state index contributed by atoms with van der Waals surface area (Å²) in [5.74, 6) is 0.824. The van der Waals surface area contributed by atoms with Crippen molar-refractivity contribution in [3.63, 3.8) is 0 Å². The van der Waals surface area contributed by atoms with Crippen LogP contribution in [-0.4, -0.2) is 21.9 Å². The lowest BCUT2D eigenvalue weighted by atomic mass is 10.2. The first kappa shape index (κ1) is 19.1. The summed E-state index contributed by atoms with van der Waals surface area (Å²) in [5.41, 5.74) is 4.03. The number of rotatable bonds is 5. The summed E-state index contributed by atoms with van der Waals surface area (Å²) < 4.78 is 8.29. The molecule has 4 nitrogen and oxygen atoms in total. The zero-order valence-electron chi connectivity index (χ0n) is 15.6. The fraction of sp³-hybridized carbons (Fsp3) is 0.143. The first-order chi connectivity index (χ1) is 13.5. The Morgan fingerprint density at radius 2 is 1.75 bits per heavy atom. The van der Waals surface area contributed by atoms with Crippen LogP contribution < -0.4 is 4.74 Å². The Hall–Kier alpha value is -2.28. The quantitative estimate of drug-likeness (QED) is 0.368. The molecule has 0 aliphatic carbocycles. The van der Waals surface area contributed by atoms with E-state index < -0.39 is 0 Å². The van der Waals surface area contributed by atoms with Gasteiger partial charge in [-0.2, -0.15) is 5.10 Å². The van der Waals surface area contributed by atoms with Crippen LogP contribution in [0.5, 0.6) is 5.75 Å². The lowest BCUT2D eigenvalue weighted by Crippen LogP contribution is -1.98. The van der Waals surface area contributed by atoms with Crippen LogP contribution in [0.15, 0.2) is 63.7 Å². The molecule has 28 heavy (non-hydrogen) atoms. The largest absolute Gasteiger partial charge is 0.497 e. The van der Waals surface area contributed by atoms with Gasteiger partial charge in [-0.05, 0) is 68.4 Å². The number of hydrogen-bond donors (Lipinski definition) is 0. The molecule has 0 spiro atoms. The number of aromatic nitrogens is 3. The van der Waals surface area contributed by atoms with Gasteiger partial charge in [0.15, 0.2) is 0 Å². The van der Waals surface area contributed by atoms with Crippen LogP contribution in [0, 0.1) is 13.8 Å². The van der Waals surface area contributed by atoms with Gasteiger partial charge in [0.05, 0.1) is 22.7 Å². The van der Waals surface area contributed by atoms with Gasteiger partial charge < -0.3 is 4.74 Å². The topological polar surface area (TPSA) is 39.9 Å². The van der Waals surface area contributed by atoms with Crippen LogP contribution in [0.25, 0.3) is 16.4 Å². The van der Waals surface area contributed by atoms with E-state index in [4.69, 9.17) is 21.3 Å². The van der Waals surface area contributed by atoms with Crippen LogP contribution in [0.1, 0.15) is 11.4 Å². The summed E-state index contributed by atoms with van der Waals surface area (Å²) in [5, 5.41) is 6.18. The molecule has 2 aromatic heterocycles. The highest BCUT2D eigenvalue weighted by Crippen LogP contribution is 2.41. The average molecular weight is 428 g/mol. The number of benzene rings is 2. The van der Waals surface area contributed by atoms with Gasteiger partial charge in [-0.25, -0.2) is 9.67 Å². The van der Waals surface area contributed by atoms with Gasteiger partial charge in [0, 0.05) is 21.2 Å². The van der Waals surface area contributed by atoms with E-state index in [2.05, 4.69) is 11.2 Å². The molecule has 0 aliphatic heterocycles. The lowest BCUT2D eigenvalue weighted by Gasteiger charge is -2.04. The van der Waals surface area contributed by atoms with Crippen LogP contribution in [-0.2, 0) is 0 Å². The number of halogens is 1. The maximum Gasteiger partial charge on any atom is 0.212 e. The first-order valence-corrected chi connectivity index (χ1v) is 10.7. The summed E-state index contributed by atoms with van der Waals surface area (Å²) in [6.45, 7) is 4.03. The first-order valence-electron chi connectivity index (χ1n) is 8.66. The minimum atomic E-state index is 0.729. The van der Waals surface area contributed by atoms with Crippen molar-refractivity contribution in [2.24, 2.45) is 0 Å². The van der Waals surface area contributed by atoms with Gasteiger partial charge in [0.1, 0.15) is 5.75 Å². The average Bonchev–Trinajstić information content (AvgIpc) is 3.26. The summed E-state index contributed by atoms with van der Waals surface area (Å²) in [4.78, 5) is 6.04. The molecule has 0 bridgehead atoms. The summed E-state index contributed by atoms with van der Waals surface area (Å²) in [6.07, 6.45) is 0. The Balaban J connectivity index is 1.79. The summed E-state index contributed by atoms with van der Waals surface area (Å²) in [6, 6.07) is 17.9. The third kappa shape index (κ3) is 3.94.